The lowest BCUT2D eigenvalue weighted by molar-refractivity contribution is -0.120. The minimum Gasteiger partial charge on any atom is -0.497 e. The van der Waals surface area contributed by atoms with Crippen LogP contribution in [0.1, 0.15) is 24.5 Å². The van der Waals surface area contributed by atoms with Gasteiger partial charge in [0, 0.05) is 12.6 Å². The van der Waals surface area contributed by atoms with Crippen molar-refractivity contribution in [3.05, 3.63) is 23.8 Å². The van der Waals surface area contributed by atoms with E-state index in [1.165, 1.54) is 12.8 Å². The average molecular weight is 308 g/mol. The SMILES string of the molecule is COc1cc(OC)cc(C(O)CNC(=O)CNCC2CC2)c1. The maximum atomic E-state index is 11.7. The summed E-state index contributed by atoms with van der Waals surface area (Å²) in [5, 5.41) is 16.0. The molecule has 6 heteroatoms. The summed E-state index contributed by atoms with van der Waals surface area (Å²) in [6.45, 7) is 1.33. The van der Waals surface area contributed by atoms with E-state index in [0.29, 0.717) is 17.1 Å². The number of methoxy groups -OCH3 is 2. The fourth-order valence-electron chi connectivity index (χ4n) is 2.12. The average Bonchev–Trinajstić information content (AvgIpc) is 3.36. The van der Waals surface area contributed by atoms with Crippen molar-refractivity contribution in [2.75, 3.05) is 33.9 Å². The Labute approximate surface area is 130 Å². The molecule has 0 heterocycles. The van der Waals surface area contributed by atoms with Gasteiger partial charge in [-0.3, -0.25) is 4.79 Å². The van der Waals surface area contributed by atoms with Crippen molar-refractivity contribution in [2.45, 2.75) is 18.9 Å². The molecule has 1 atom stereocenters. The second kappa shape index (κ2) is 8.00. The maximum Gasteiger partial charge on any atom is 0.234 e. The van der Waals surface area contributed by atoms with Crippen LogP contribution in [0.2, 0.25) is 0 Å². The lowest BCUT2D eigenvalue weighted by Gasteiger charge is -2.15. The first-order valence-corrected chi connectivity index (χ1v) is 7.51. The first-order valence-electron chi connectivity index (χ1n) is 7.51. The number of hydrogen-bond acceptors (Lipinski definition) is 5. The van der Waals surface area contributed by atoms with Crippen LogP contribution < -0.4 is 20.1 Å². The number of hydrogen-bond donors (Lipinski definition) is 3. The van der Waals surface area contributed by atoms with Crippen LogP contribution in [0.5, 0.6) is 11.5 Å². The molecule has 1 aliphatic rings. The van der Waals surface area contributed by atoms with E-state index in [1.807, 2.05) is 0 Å². The van der Waals surface area contributed by atoms with Crippen LogP contribution in [-0.2, 0) is 4.79 Å². The third-order valence-electron chi connectivity index (χ3n) is 3.67. The molecule has 1 aromatic carbocycles. The summed E-state index contributed by atoms with van der Waals surface area (Å²) >= 11 is 0. The first-order chi connectivity index (χ1) is 10.6. The quantitative estimate of drug-likeness (QED) is 0.630. The maximum absolute atomic E-state index is 11.7. The Balaban J connectivity index is 1.80. The molecule has 1 amide bonds. The van der Waals surface area contributed by atoms with Crippen molar-refractivity contribution >= 4 is 5.91 Å². The summed E-state index contributed by atoms with van der Waals surface area (Å²) in [4.78, 5) is 11.7. The fourth-order valence-corrected chi connectivity index (χ4v) is 2.12. The van der Waals surface area contributed by atoms with Crippen molar-refractivity contribution in [3.63, 3.8) is 0 Å². The fraction of sp³-hybridized carbons (Fsp3) is 0.562. The molecule has 1 aliphatic carbocycles. The lowest BCUT2D eigenvalue weighted by Crippen LogP contribution is -2.36. The number of ether oxygens (including phenoxy) is 2. The zero-order valence-corrected chi connectivity index (χ0v) is 13.1. The number of aliphatic hydroxyl groups excluding tert-OH is 1. The molecule has 0 aromatic heterocycles. The Morgan fingerprint density at radius 2 is 1.91 bits per heavy atom. The molecule has 0 bridgehead atoms. The third-order valence-corrected chi connectivity index (χ3v) is 3.67. The Morgan fingerprint density at radius 3 is 2.45 bits per heavy atom. The van der Waals surface area contributed by atoms with Crippen molar-refractivity contribution in [1.29, 1.82) is 0 Å². The van der Waals surface area contributed by atoms with Crippen LogP contribution in [0.3, 0.4) is 0 Å². The van der Waals surface area contributed by atoms with Crippen LogP contribution in [0.4, 0.5) is 0 Å². The summed E-state index contributed by atoms with van der Waals surface area (Å²) < 4.78 is 10.3. The summed E-state index contributed by atoms with van der Waals surface area (Å²) in [5.41, 5.74) is 0.641. The second-order valence-electron chi connectivity index (χ2n) is 5.54. The van der Waals surface area contributed by atoms with Crippen LogP contribution in [0.15, 0.2) is 18.2 Å². The number of carbonyl (C=O) groups excluding carboxylic acids is 1. The number of carbonyl (C=O) groups is 1. The van der Waals surface area contributed by atoms with E-state index in [2.05, 4.69) is 10.6 Å². The number of nitrogens with one attached hydrogen (secondary N) is 2. The first kappa shape index (κ1) is 16.6. The number of rotatable bonds is 9. The molecule has 2 rings (SSSR count). The molecule has 0 saturated heterocycles. The van der Waals surface area contributed by atoms with E-state index in [9.17, 15) is 9.90 Å². The largest absolute Gasteiger partial charge is 0.497 e. The predicted molar refractivity (Wildman–Crippen MR) is 83.1 cm³/mol. The van der Waals surface area contributed by atoms with Gasteiger partial charge < -0.3 is 25.2 Å². The summed E-state index contributed by atoms with van der Waals surface area (Å²) in [7, 11) is 3.11. The van der Waals surface area contributed by atoms with E-state index in [-0.39, 0.29) is 19.0 Å². The highest BCUT2D eigenvalue weighted by molar-refractivity contribution is 5.78. The van der Waals surface area contributed by atoms with E-state index >= 15 is 0 Å². The van der Waals surface area contributed by atoms with Crippen LogP contribution in [0.25, 0.3) is 0 Å². The van der Waals surface area contributed by atoms with Gasteiger partial charge in [-0.25, -0.2) is 0 Å². The number of aliphatic hydroxyl groups is 1. The molecular formula is C16H24N2O4. The van der Waals surface area contributed by atoms with Crippen molar-refractivity contribution in [3.8, 4) is 11.5 Å². The van der Waals surface area contributed by atoms with Gasteiger partial charge in [-0.15, -0.1) is 0 Å². The van der Waals surface area contributed by atoms with Gasteiger partial charge in [-0.05, 0) is 43.0 Å². The number of amides is 1. The van der Waals surface area contributed by atoms with Crippen LogP contribution in [0, 0.1) is 5.92 Å². The van der Waals surface area contributed by atoms with Crippen molar-refractivity contribution < 1.29 is 19.4 Å². The number of benzene rings is 1. The van der Waals surface area contributed by atoms with Gasteiger partial charge in [0.15, 0.2) is 0 Å². The molecule has 1 fully saturated rings. The summed E-state index contributed by atoms with van der Waals surface area (Å²) in [6.07, 6.45) is 1.70. The van der Waals surface area contributed by atoms with E-state index in [1.54, 1.807) is 32.4 Å². The van der Waals surface area contributed by atoms with Crippen LogP contribution >= 0.6 is 0 Å². The minimum atomic E-state index is -0.809. The molecular weight excluding hydrogens is 284 g/mol. The predicted octanol–water partition coefficient (Wildman–Crippen LogP) is 0.853. The molecule has 3 N–H and O–H groups in total. The third kappa shape index (κ3) is 5.20. The highest BCUT2D eigenvalue weighted by Gasteiger charge is 2.20. The zero-order valence-electron chi connectivity index (χ0n) is 13.1. The highest BCUT2D eigenvalue weighted by atomic mass is 16.5. The standard InChI is InChI=1S/C16H24N2O4/c1-21-13-5-12(6-14(7-13)22-2)15(19)9-18-16(20)10-17-8-11-3-4-11/h5-7,11,15,17,19H,3-4,8-10H2,1-2H3,(H,18,20). The molecule has 22 heavy (non-hydrogen) atoms. The van der Waals surface area contributed by atoms with Gasteiger partial charge in [0.1, 0.15) is 11.5 Å². The molecule has 0 radical (unpaired) electrons. The monoisotopic (exact) mass is 308 g/mol. The Kier molecular flexibility index (Phi) is 6.03. The summed E-state index contributed by atoms with van der Waals surface area (Å²) in [5.74, 6) is 1.83. The van der Waals surface area contributed by atoms with E-state index in [0.717, 1.165) is 12.5 Å². The van der Waals surface area contributed by atoms with Gasteiger partial charge in [0.25, 0.3) is 0 Å². The van der Waals surface area contributed by atoms with Crippen molar-refractivity contribution in [1.82, 2.24) is 10.6 Å². The molecule has 0 aliphatic heterocycles. The van der Waals surface area contributed by atoms with Gasteiger partial charge in [-0.2, -0.15) is 0 Å². The van der Waals surface area contributed by atoms with Gasteiger partial charge in [-0.1, -0.05) is 0 Å². The highest BCUT2D eigenvalue weighted by Crippen LogP contribution is 2.27. The molecule has 6 nitrogen and oxygen atoms in total. The Bertz CT molecular complexity index is 481. The van der Waals surface area contributed by atoms with Crippen molar-refractivity contribution in [2.24, 2.45) is 5.92 Å². The van der Waals surface area contributed by atoms with Gasteiger partial charge in [0.05, 0.1) is 26.9 Å². The molecule has 1 aromatic rings. The molecule has 0 spiro atoms. The minimum absolute atomic E-state index is 0.116. The molecule has 1 saturated carbocycles. The van der Waals surface area contributed by atoms with Gasteiger partial charge >= 0.3 is 0 Å². The Hall–Kier alpha value is -1.79. The summed E-state index contributed by atoms with van der Waals surface area (Å²) in [6, 6.07) is 5.19. The normalized spacial score (nSPS) is 15.2. The topological polar surface area (TPSA) is 79.8 Å². The molecule has 1 unspecified atom stereocenters. The van der Waals surface area contributed by atoms with Crippen LogP contribution in [-0.4, -0.2) is 44.9 Å². The van der Waals surface area contributed by atoms with Gasteiger partial charge in [0.2, 0.25) is 5.91 Å². The lowest BCUT2D eigenvalue weighted by atomic mass is 10.1. The second-order valence-corrected chi connectivity index (χ2v) is 5.54. The zero-order chi connectivity index (χ0) is 15.9. The Morgan fingerprint density at radius 1 is 1.27 bits per heavy atom. The van der Waals surface area contributed by atoms with E-state index < -0.39 is 6.10 Å². The smallest absolute Gasteiger partial charge is 0.234 e. The van der Waals surface area contributed by atoms with E-state index in [4.69, 9.17) is 9.47 Å². The molecule has 122 valence electrons.